The molecule has 2 aromatic rings. The number of aliphatic hydroxyl groups is 1. The van der Waals surface area contributed by atoms with Gasteiger partial charge in [0.2, 0.25) is 0 Å². The standard InChI is InChI=1S/C11H6F6O2/c12-10(13,14)9(18,11(15,16)17)7-2-1-3-8-6(7)4-5-19-8/h1-5,18H. The average Bonchev–Trinajstić information content (AvgIpc) is 2.72. The highest BCUT2D eigenvalue weighted by Crippen LogP contribution is 2.51. The van der Waals surface area contributed by atoms with Crippen LogP contribution in [0.15, 0.2) is 34.9 Å². The molecular formula is C11H6F6O2. The second-order valence-corrected chi connectivity index (χ2v) is 3.84. The molecule has 0 spiro atoms. The average molecular weight is 284 g/mol. The molecule has 0 aliphatic heterocycles. The Morgan fingerprint density at radius 3 is 2.00 bits per heavy atom. The Labute approximate surface area is 102 Å². The van der Waals surface area contributed by atoms with Gasteiger partial charge in [-0.25, -0.2) is 0 Å². The third-order valence-corrected chi connectivity index (χ3v) is 2.71. The molecule has 1 aromatic carbocycles. The van der Waals surface area contributed by atoms with E-state index < -0.39 is 28.9 Å². The van der Waals surface area contributed by atoms with Crippen LogP contribution in [0, 0.1) is 0 Å². The van der Waals surface area contributed by atoms with Crippen molar-refractivity contribution in [3.05, 3.63) is 36.1 Å². The molecule has 0 amide bonds. The van der Waals surface area contributed by atoms with Crippen LogP contribution in [0.4, 0.5) is 26.3 Å². The summed E-state index contributed by atoms with van der Waals surface area (Å²) < 4.78 is 81.1. The summed E-state index contributed by atoms with van der Waals surface area (Å²) in [5.74, 6) is 0. The highest BCUT2D eigenvalue weighted by atomic mass is 19.4. The lowest BCUT2D eigenvalue weighted by Gasteiger charge is -2.32. The Balaban J connectivity index is 2.80. The van der Waals surface area contributed by atoms with E-state index in [4.69, 9.17) is 4.42 Å². The van der Waals surface area contributed by atoms with Crippen LogP contribution in [0.25, 0.3) is 11.0 Å². The number of rotatable bonds is 1. The largest absolute Gasteiger partial charge is 0.464 e. The smallest absolute Gasteiger partial charge is 0.430 e. The van der Waals surface area contributed by atoms with E-state index >= 15 is 0 Å². The van der Waals surface area contributed by atoms with E-state index in [9.17, 15) is 31.4 Å². The van der Waals surface area contributed by atoms with E-state index in [2.05, 4.69) is 0 Å². The van der Waals surface area contributed by atoms with Crippen LogP contribution in [0.2, 0.25) is 0 Å². The third-order valence-electron chi connectivity index (χ3n) is 2.71. The van der Waals surface area contributed by atoms with Gasteiger partial charge in [-0.3, -0.25) is 0 Å². The Bertz CT molecular complexity index is 581. The van der Waals surface area contributed by atoms with E-state index in [1.165, 1.54) is 6.07 Å². The van der Waals surface area contributed by atoms with Crippen LogP contribution in [-0.4, -0.2) is 17.5 Å². The number of alkyl halides is 6. The SMILES string of the molecule is OC(c1cccc2occc12)(C(F)(F)F)C(F)(F)F. The molecular weight excluding hydrogens is 278 g/mol. The number of hydrogen-bond donors (Lipinski definition) is 1. The molecule has 0 atom stereocenters. The lowest BCUT2D eigenvalue weighted by atomic mass is 9.90. The van der Waals surface area contributed by atoms with Crippen LogP contribution >= 0.6 is 0 Å². The van der Waals surface area contributed by atoms with Gasteiger partial charge in [-0.2, -0.15) is 26.3 Å². The van der Waals surface area contributed by atoms with E-state index in [1.54, 1.807) is 0 Å². The molecule has 0 bridgehead atoms. The Morgan fingerprint density at radius 2 is 1.47 bits per heavy atom. The summed E-state index contributed by atoms with van der Waals surface area (Å²) in [4.78, 5) is 0. The first kappa shape index (κ1) is 13.7. The van der Waals surface area contributed by atoms with Gasteiger partial charge in [0.1, 0.15) is 5.58 Å². The maximum Gasteiger partial charge on any atom is 0.430 e. The minimum Gasteiger partial charge on any atom is -0.464 e. The molecule has 2 rings (SSSR count). The third kappa shape index (κ3) is 1.86. The van der Waals surface area contributed by atoms with Crippen LogP contribution in [0.1, 0.15) is 5.56 Å². The first-order valence-electron chi connectivity index (χ1n) is 4.91. The normalized spacial score (nSPS) is 14.1. The predicted molar refractivity (Wildman–Crippen MR) is 52.2 cm³/mol. The number of hydrogen-bond acceptors (Lipinski definition) is 2. The van der Waals surface area contributed by atoms with Crippen molar-refractivity contribution in [1.82, 2.24) is 0 Å². The minimum absolute atomic E-state index is 0.176. The lowest BCUT2D eigenvalue weighted by Crippen LogP contribution is -2.54. The molecule has 1 aromatic heterocycles. The summed E-state index contributed by atoms with van der Waals surface area (Å²) >= 11 is 0. The summed E-state index contributed by atoms with van der Waals surface area (Å²) in [7, 11) is 0. The lowest BCUT2D eigenvalue weighted by molar-refractivity contribution is -0.375. The maximum absolute atomic E-state index is 12.7. The van der Waals surface area contributed by atoms with Gasteiger partial charge in [0.15, 0.2) is 0 Å². The molecule has 0 unspecified atom stereocenters. The molecule has 8 heteroatoms. The molecule has 0 saturated carbocycles. The fourth-order valence-corrected chi connectivity index (χ4v) is 1.78. The molecule has 0 fully saturated rings. The predicted octanol–water partition coefficient (Wildman–Crippen LogP) is 3.75. The summed E-state index contributed by atoms with van der Waals surface area (Å²) in [6, 6.07) is 3.65. The van der Waals surface area contributed by atoms with Crippen LogP contribution in [0.3, 0.4) is 0 Å². The van der Waals surface area contributed by atoms with E-state index in [0.29, 0.717) is 6.07 Å². The van der Waals surface area contributed by atoms with Crippen LogP contribution in [-0.2, 0) is 5.60 Å². The Morgan fingerprint density at radius 1 is 0.895 bits per heavy atom. The molecule has 104 valence electrons. The van der Waals surface area contributed by atoms with Gasteiger partial charge in [0.25, 0.3) is 5.60 Å². The fourth-order valence-electron chi connectivity index (χ4n) is 1.78. The molecule has 0 saturated heterocycles. The van der Waals surface area contributed by atoms with Crippen molar-refractivity contribution < 1.29 is 35.9 Å². The van der Waals surface area contributed by atoms with Crippen molar-refractivity contribution in [2.24, 2.45) is 0 Å². The molecule has 1 N–H and O–H groups in total. The fraction of sp³-hybridized carbons (Fsp3) is 0.273. The van der Waals surface area contributed by atoms with Gasteiger partial charge < -0.3 is 9.52 Å². The monoisotopic (exact) mass is 284 g/mol. The summed E-state index contributed by atoms with van der Waals surface area (Å²) in [6.07, 6.45) is -10.9. The zero-order valence-corrected chi connectivity index (χ0v) is 9.01. The molecule has 2 nitrogen and oxygen atoms in total. The molecule has 19 heavy (non-hydrogen) atoms. The molecule has 0 aliphatic rings. The number of benzene rings is 1. The molecule has 1 heterocycles. The number of halogens is 6. The van der Waals surface area contributed by atoms with Crippen molar-refractivity contribution in [2.75, 3.05) is 0 Å². The van der Waals surface area contributed by atoms with E-state index in [-0.39, 0.29) is 5.58 Å². The second kappa shape index (κ2) is 3.89. The quantitative estimate of drug-likeness (QED) is 0.809. The number of fused-ring (bicyclic) bond motifs is 1. The highest BCUT2D eigenvalue weighted by Gasteiger charge is 2.71. The highest BCUT2D eigenvalue weighted by molar-refractivity contribution is 5.82. The van der Waals surface area contributed by atoms with Crippen molar-refractivity contribution >= 4 is 11.0 Å². The van der Waals surface area contributed by atoms with E-state index in [1.807, 2.05) is 0 Å². The zero-order chi connectivity index (χ0) is 14.5. The Hall–Kier alpha value is -1.70. The van der Waals surface area contributed by atoms with Gasteiger partial charge in [0.05, 0.1) is 6.26 Å². The molecule has 0 radical (unpaired) electrons. The number of furan rings is 1. The first-order valence-corrected chi connectivity index (χ1v) is 4.91. The summed E-state index contributed by atoms with van der Waals surface area (Å²) in [5.41, 5.74) is -6.42. The summed E-state index contributed by atoms with van der Waals surface area (Å²) in [6.45, 7) is 0. The zero-order valence-electron chi connectivity index (χ0n) is 9.01. The maximum atomic E-state index is 12.7. The van der Waals surface area contributed by atoms with Gasteiger partial charge in [0, 0.05) is 10.9 Å². The van der Waals surface area contributed by atoms with Crippen LogP contribution < -0.4 is 0 Å². The van der Waals surface area contributed by atoms with Crippen LogP contribution in [0.5, 0.6) is 0 Å². The van der Waals surface area contributed by atoms with E-state index in [0.717, 1.165) is 18.4 Å². The summed E-state index contributed by atoms with van der Waals surface area (Å²) in [5, 5.41) is 8.84. The second-order valence-electron chi connectivity index (χ2n) is 3.84. The van der Waals surface area contributed by atoms with Gasteiger partial charge >= 0.3 is 12.4 Å². The van der Waals surface area contributed by atoms with Gasteiger partial charge in [-0.05, 0) is 12.1 Å². The van der Waals surface area contributed by atoms with Crippen molar-refractivity contribution in [1.29, 1.82) is 0 Å². The van der Waals surface area contributed by atoms with Crippen molar-refractivity contribution in [2.45, 2.75) is 18.0 Å². The first-order chi connectivity index (χ1) is 8.59. The Kier molecular flexibility index (Phi) is 2.81. The van der Waals surface area contributed by atoms with Crippen molar-refractivity contribution in [3.8, 4) is 0 Å². The topological polar surface area (TPSA) is 33.4 Å². The van der Waals surface area contributed by atoms with Gasteiger partial charge in [-0.15, -0.1) is 0 Å². The van der Waals surface area contributed by atoms with Gasteiger partial charge in [-0.1, -0.05) is 12.1 Å². The molecule has 0 aliphatic carbocycles. The minimum atomic E-state index is -5.91. The van der Waals surface area contributed by atoms with Crippen molar-refractivity contribution in [3.63, 3.8) is 0 Å².